The number of benzene rings is 1. The first kappa shape index (κ1) is 10.8. The maximum atomic E-state index is 10.7. The molecule has 3 rings (SSSR count). The van der Waals surface area contributed by atoms with Crippen LogP contribution in [0.4, 0.5) is 0 Å². The Morgan fingerprint density at radius 3 is 2.47 bits per heavy atom. The fourth-order valence-corrected chi connectivity index (χ4v) is 3.03. The minimum atomic E-state index is -0.727. The molecule has 0 atom stereocenters. The molecule has 90 valence electrons. The number of nitrogens with zero attached hydrogens (tertiary/aromatic N) is 1. The molecule has 0 radical (unpaired) electrons. The molecule has 17 heavy (non-hydrogen) atoms. The number of aliphatic carboxylic acids is 1. The molecule has 0 spiro atoms. The summed E-state index contributed by atoms with van der Waals surface area (Å²) >= 11 is 0. The number of hydrogen-bond acceptors (Lipinski definition) is 2. The van der Waals surface area contributed by atoms with Crippen molar-refractivity contribution in [2.45, 2.75) is 32.2 Å². The second-order valence-corrected chi connectivity index (χ2v) is 5.10. The van der Waals surface area contributed by atoms with E-state index in [2.05, 4.69) is 12.1 Å². The van der Waals surface area contributed by atoms with Crippen LogP contribution in [0, 0.1) is 0 Å². The van der Waals surface area contributed by atoms with E-state index in [-0.39, 0.29) is 6.54 Å². The molecule has 1 aliphatic carbocycles. The number of carboxylic acids is 1. The van der Waals surface area contributed by atoms with Crippen molar-refractivity contribution in [1.29, 1.82) is 0 Å². The molecule has 1 aliphatic heterocycles. The molecular formula is C14H17NO2. The highest BCUT2D eigenvalue weighted by atomic mass is 16.4. The lowest BCUT2D eigenvalue weighted by molar-refractivity contribution is -0.138. The highest BCUT2D eigenvalue weighted by molar-refractivity contribution is 5.69. The van der Waals surface area contributed by atoms with Gasteiger partial charge in [0.1, 0.15) is 0 Å². The van der Waals surface area contributed by atoms with Gasteiger partial charge in [-0.1, -0.05) is 12.1 Å². The van der Waals surface area contributed by atoms with Crippen LogP contribution in [-0.2, 0) is 30.6 Å². The number of fused-ring (bicyclic) bond motifs is 2. The third kappa shape index (κ3) is 2.07. The third-order valence-electron chi connectivity index (χ3n) is 3.86. The third-order valence-corrected chi connectivity index (χ3v) is 3.86. The van der Waals surface area contributed by atoms with Gasteiger partial charge < -0.3 is 5.11 Å². The predicted octanol–water partition coefficient (Wildman–Crippen LogP) is 1.62. The molecule has 0 amide bonds. The number of carbonyl (C=O) groups is 1. The molecule has 1 heterocycles. The molecule has 1 aromatic rings. The summed E-state index contributed by atoms with van der Waals surface area (Å²) in [6.07, 6.45) is 4.69. The maximum Gasteiger partial charge on any atom is 0.317 e. The SMILES string of the molecule is O=C(O)CN1CCc2cc3c(cc2C1)CCC3. The van der Waals surface area contributed by atoms with Gasteiger partial charge in [0, 0.05) is 13.1 Å². The van der Waals surface area contributed by atoms with Gasteiger partial charge in [0.25, 0.3) is 0 Å². The largest absolute Gasteiger partial charge is 0.480 e. The van der Waals surface area contributed by atoms with E-state index in [0.717, 1.165) is 19.5 Å². The summed E-state index contributed by atoms with van der Waals surface area (Å²) in [5.41, 5.74) is 5.79. The summed E-state index contributed by atoms with van der Waals surface area (Å²) in [4.78, 5) is 12.7. The summed E-state index contributed by atoms with van der Waals surface area (Å²) < 4.78 is 0. The van der Waals surface area contributed by atoms with Gasteiger partial charge in [-0.25, -0.2) is 0 Å². The Hall–Kier alpha value is -1.35. The zero-order valence-electron chi connectivity index (χ0n) is 9.91. The molecule has 0 aromatic heterocycles. The average Bonchev–Trinajstić information content (AvgIpc) is 2.72. The minimum Gasteiger partial charge on any atom is -0.480 e. The summed E-state index contributed by atoms with van der Waals surface area (Å²) in [6.45, 7) is 1.84. The average molecular weight is 231 g/mol. The molecule has 0 fully saturated rings. The maximum absolute atomic E-state index is 10.7. The van der Waals surface area contributed by atoms with Gasteiger partial charge in [-0.2, -0.15) is 0 Å². The molecule has 3 heteroatoms. The fourth-order valence-electron chi connectivity index (χ4n) is 3.03. The van der Waals surface area contributed by atoms with Gasteiger partial charge in [-0.3, -0.25) is 9.69 Å². The molecule has 0 bridgehead atoms. The zero-order valence-corrected chi connectivity index (χ0v) is 9.91. The Bertz CT molecular complexity index is 468. The van der Waals surface area contributed by atoms with E-state index in [1.165, 1.54) is 41.5 Å². The van der Waals surface area contributed by atoms with E-state index < -0.39 is 5.97 Å². The van der Waals surface area contributed by atoms with Crippen molar-refractivity contribution in [1.82, 2.24) is 4.90 Å². The highest BCUT2D eigenvalue weighted by Crippen LogP contribution is 2.28. The van der Waals surface area contributed by atoms with Gasteiger partial charge in [0.2, 0.25) is 0 Å². The van der Waals surface area contributed by atoms with Crippen molar-refractivity contribution in [3.05, 3.63) is 34.4 Å². The second-order valence-electron chi connectivity index (χ2n) is 5.10. The second kappa shape index (κ2) is 4.15. The Morgan fingerprint density at radius 2 is 1.76 bits per heavy atom. The van der Waals surface area contributed by atoms with Crippen molar-refractivity contribution in [2.24, 2.45) is 0 Å². The van der Waals surface area contributed by atoms with E-state index in [9.17, 15) is 4.79 Å². The number of hydrogen-bond donors (Lipinski definition) is 1. The first-order chi connectivity index (χ1) is 8.22. The van der Waals surface area contributed by atoms with Crippen molar-refractivity contribution >= 4 is 5.97 Å². The van der Waals surface area contributed by atoms with Crippen molar-refractivity contribution in [3.63, 3.8) is 0 Å². The number of aryl methyl sites for hydroxylation is 2. The van der Waals surface area contributed by atoms with Crippen LogP contribution < -0.4 is 0 Å². The fraction of sp³-hybridized carbons (Fsp3) is 0.500. The lowest BCUT2D eigenvalue weighted by atomic mass is 9.95. The molecule has 0 saturated heterocycles. The van der Waals surface area contributed by atoms with E-state index in [4.69, 9.17) is 5.11 Å². The van der Waals surface area contributed by atoms with Gasteiger partial charge >= 0.3 is 5.97 Å². The summed E-state index contributed by atoms with van der Waals surface area (Å²) in [5, 5.41) is 8.83. The van der Waals surface area contributed by atoms with Crippen molar-refractivity contribution in [2.75, 3.05) is 13.1 Å². The van der Waals surface area contributed by atoms with E-state index in [1.54, 1.807) is 0 Å². The summed E-state index contributed by atoms with van der Waals surface area (Å²) in [6, 6.07) is 4.67. The smallest absolute Gasteiger partial charge is 0.317 e. The summed E-state index contributed by atoms with van der Waals surface area (Å²) in [5.74, 6) is -0.727. The van der Waals surface area contributed by atoms with Crippen molar-refractivity contribution in [3.8, 4) is 0 Å². The van der Waals surface area contributed by atoms with Crippen molar-refractivity contribution < 1.29 is 9.90 Å². The lowest BCUT2D eigenvalue weighted by Gasteiger charge is -2.28. The topological polar surface area (TPSA) is 40.5 Å². The first-order valence-electron chi connectivity index (χ1n) is 6.30. The molecule has 1 aromatic carbocycles. The quantitative estimate of drug-likeness (QED) is 0.840. The number of rotatable bonds is 2. The Morgan fingerprint density at radius 1 is 1.12 bits per heavy atom. The minimum absolute atomic E-state index is 0.163. The molecule has 1 N–H and O–H groups in total. The Labute approximate surface area is 101 Å². The number of carboxylic acid groups (broad SMARTS) is 1. The van der Waals surface area contributed by atoms with Gasteiger partial charge in [0.05, 0.1) is 6.54 Å². The molecule has 0 saturated carbocycles. The lowest BCUT2D eigenvalue weighted by Crippen LogP contribution is -2.34. The van der Waals surface area contributed by atoms with Crippen LogP contribution in [0.15, 0.2) is 12.1 Å². The van der Waals surface area contributed by atoms with E-state index in [0.29, 0.717) is 0 Å². The molecule has 3 nitrogen and oxygen atoms in total. The van der Waals surface area contributed by atoms with Crippen LogP contribution in [0.1, 0.15) is 28.7 Å². The van der Waals surface area contributed by atoms with Crippen LogP contribution in [0.2, 0.25) is 0 Å². The van der Waals surface area contributed by atoms with E-state index >= 15 is 0 Å². The predicted molar refractivity (Wildman–Crippen MR) is 65.1 cm³/mol. The molecule has 0 unspecified atom stereocenters. The van der Waals surface area contributed by atoms with Crippen LogP contribution in [0.3, 0.4) is 0 Å². The molecular weight excluding hydrogens is 214 g/mol. The summed E-state index contributed by atoms with van der Waals surface area (Å²) in [7, 11) is 0. The van der Waals surface area contributed by atoms with Gasteiger partial charge in [0.15, 0.2) is 0 Å². The monoisotopic (exact) mass is 231 g/mol. The van der Waals surface area contributed by atoms with Crippen LogP contribution >= 0.6 is 0 Å². The normalized spacial score (nSPS) is 18.8. The standard InChI is InChI=1S/C14H17NO2/c16-14(17)9-15-5-4-12-6-10-2-1-3-11(10)7-13(12)8-15/h6-7H,1-5,8-9H2,(H,16,17). The zero-order chi connectivity index (χ0) is 11.8. The van der Waals surface area contributed by atoms with Gasteiger partial charge in [-0.05, 0) is 47.9 Å². The van der Waals surface area contributed by atoms with Gasteiger partial charge in [-0.15, -0.1) is 0 Å². The van der Waals surface area contributed by atoms with Crippen LogP contribution in [0.25, 0.3) is 0 Å². The first-order valence-corrected chi connectivity index (χ1v) is 6.30. The Kier molecular flexibility index (Phi) is 2.63. The van der Waals surface area contributed by atoms with Crippen LogP contribution in [0.5, 0.6) is 0 Å². The van der Waals surface area contributed by atoms with E-state index in [1.807, 2.05) is 4.90 Å². The van der Waals surface area contributed by atoms with Crippen LogP contribution in [-0.4, -0.2) is 29.1 Å². The highest BCUT2D eigenvalue weighted by Gasteiger charge is 2.21. The Balaban J connectivity index is 1.84. The molecule has 2 aliphatic rings.